The molecule has 0 heterocycles. The minimum atomic E-state index is -3.50. The van der Waals surface area contributed by atoms with Gasteiger partial charge in [0.1, 0.15) is 5.82 Å². The number of sulfonamides is 1. The monoisotopic (exact) mass is 360 g/mol. The van der Waals surface area contributed by atoms with Gasteiger partial charge in [-0.3, -0.25) is 0 Å². The number of rotatable bonds is 4. The van der Waals surface area contributed by atoms with Crippen LogP contribution >= 0.6 is 11.6 Å². The molecule has 128 valence electrons. The van der Waals surface area contributed by atoms with Gasteiger partial charge in [-0.05, 0) is 55.2 Å². The van der Waals surface area contributed by atoms with Gasteiger partial charge in [-0.15, -0.1) is 0 Å². The fraction of sp³-hybridized carbons (Fsp3) is 0.625. The first kappa shape index (κ1) is 17.1. The zero-order valence-electron chi connectivity index (χ0n) is 12.8. The zero-order valence-corrected chi connectivity index (χ0v) is 14.4. The molecule has 2 fully saturated rings. The van der Waals surface area contributed by atoms with Gasteiger partial charge < -0.3 is 5.73 Å². The maximum Gasteiger partial charge on any atom is 0.216 e. The van der Waals surface area contributed by atoms with Gasteiger partial charge in [0.25, 0.3) is 0 Å². The first-order valence-electron chi connectivity index (χ1n) is 8.03. The van der Waals surface area contributed by atoms with E-state index in [1.165, 1.54) is 18.2 Å². The molecule has 3 N–H and O–H groups in total. The Hall–Kier alpha value is -0.690. The van der Waals surface area contributed by atoms with Gasteiger partial charge >= 0.3 is 0 Å². The Bertz CT molecular complexity index is 669. The molecular formula is C16H22ClFN2O2S. The number of benzene rings is 1. The van der Waals surface area contributed by atoms with Crippen molar-refractivity contribution in [1.82, 2.24) is 4.72 Å². The lowest BCUT2D eigenvalue weighted by molar-refractivity contribution is 0.125. The molecule has 0 saturated heterocycles. The van der Waals surface area contributed by atoms with E-state index in [1.807, 2.05) is 0 Å². The third kappa shape index (κ3) is 4.05. The molecule has 4 nitrogen and oxygen atoms in total. The van der Waals surface area contributed by atoms with E-state index < -0.39 is 15.8 Å². The Morgan fingerprint density at radius 3 is 2.52 bits per heavy atom. The van der Waals surface area contributed by atoms with Crippen molar-refractivity contribution in [3.63, 3.8) is 0 Å². The van der Waals surface area contributed by atoms with Crippen LogP contribution in [-0.4, -0.2) is 20.5 Å². The molecule has 3 rings (SSSR count). The fourth-order valence-corrected chi connectivity index (χ4v) is 5.78. The van der Waals surface area contributed by atoms with E-state index in [9.17, 15) is 12.8 Å². The minimum Gasteiger partial charge on any atom is -0.328 e. The third-order valence-corrected chi connectivity index (χ3v) is 6.67. The van der Waals surface area contributed by atoms with Gasteiger partial charge in [-0.25, -0.2) is 17.5 Å². The normalized spacial score (nSPS) is 31.1. The van der Waals surface area contributed by atoms with Gasteiger partial charge in [0.05, 0.1) is 10.8 Å². The molecule has 1 aromatic carbocycles. The summed E-state index contributed by atoms with van der Waals surface area (Å²) in [6.45, 7) is 0. The Labute approximate surface area is 141 Å². The smallest absolute Gasteiger partial charge is 0.216 e. The van der Waals surface area contributed by atoms with E-state index >= 15 is 0 Å². The van der Waals surface area contributed by atoms with Crippen molar-refractivity contribution in [3.8, 4) is 0 Å². The van der Waals surface area contributed by atoms with E-state index in [2.05, 4.69) is 4.72 Å². The number of hydrogen-bond donors (Lipinski definition) is 2. The van der Waals surface area contributed by atoms with E-state index in [1.54, 1.807) is 0 Å². The molecule has 2 aliphatic carbocycles. The molecule has 2 atom stereocenters. The first-order valence-corrected chi connectivity index (χ1v) is 10.1. The van der Waals surface area contributed by atoms with Crippen LogP contribution in [0.15, 0.2) is 18.2 Å². The lowest BCUT2D eigenvalue weighted by Crippen LogP contribution is -2.53. The second-order valence-corrected chi connectivity index (χ2v) is 8.99. The van der Waals surface area contributed by atoms with Crippen LogP contribution in [0.3, 0.4) is 0 Å². The van der Waals surface area contributed by atoms with E-state index in [4.69, 9.17) is 17.3 Å². The van der Waals surface area contributed by atoms with Crippen molar-refractivity contribution >= 4 is 21.6 Å². The van der Waals surface area contributed by atoms with Crippen LogP contribution in [0, 0.1) is 17.7 Å². The lowest BCUT2D eigenvalue weighted by atomic mass is 9.67. The van der Waals surface area contributed by atoms with Crippen LogP contribution < -0.4 is 10.5 Å². The van der Waals surface area contributed by atoms with Crippen LogP contribution in [0.2, 0.25) is 5.02 Å². The summed E-state index contributed by atoms with van der Waals surface area (Å²) < 4.78 is 41.1. The molecule has 2 bridgehead atoms. The van der Waals surface area contributed by atoms with Crippen LogP contribution in [0.25, 0.3) is 0 Å². The lowest BCUT2D eigenvalue weighted by Gasteiger charge is -2.45. The summed E-state index contributed by atoms with van der Waals surface area (Å²) in [6.07, 6.45) is 4.96. The molecule has 7 heteroatoms. The number of fused-ring (bicyclic) bond motifs is 2. The molecule has 1 aromatic rings. The Morgan fingerprint density at radius 1 is 1.26 bits per heavy atom. The summed E-state index contributed by atoms with van der Waals surface area (Å²) in [5.41, 5.74) is 6.57. The van der Waals surface area contributed by atoms with Crippen LogP contribution in [0.1, 0.15) is 37.7 Å². The van der Waals surface area contributed by atoms with E-state index in [0.29, 0.717) is 17.4 Å². The predicted octanol–water partition coefficient (Wildman–Crippen LogP) is 2.80. The summed E-state index contributed by atoms with van der Waals surface area (Å²) >= 11 is 5.72. The van der Waals surface area contributed by atoms with Crippen molar-refractivity contribution < 1.29 is 12.8 Å². The summed E-state index contributed by atoms with van der Waals surface area (Å²) in [4.78, 5) is 0. The van der Waals surface area contributed by atoms with Gasteiger partial charge in [-0.1, -0.05) is 24.1 Å². The van der Waals surface area contributed by atoms with Crippen molar-refractivity contribution in [2.75, 3.05) is 0 Å². The van der Waals surface area contributed by atoms with Crippen molar-refractivity contribution in [2.45, 2.75) is 49.9 Å². The molecule has 0 amide bonds. The quantitative estimate of drug-likeness (QED) is 0.867. The summed E-state index contributed by atoms with van der Waals surface area (Å²) in [7, 11) is -3.50. The minimum absolute atomic E-state index is 0.0236. The highest BCUT2D eigenvalue weighted by Crippen LogP contribution is 2.40. The summed E-state index contributed by atoms with van der Waals surface area (Å²) in [5, 5.41) is -0.0572. The molecule has 0 radical (unpaired) electrons. The molecule has 0 aromatic heterocycles. The highest BCUT2D eigenvalue weighted by Gasteiger charge is 2.40. The largest absolute Gasteiger partial charge is 0.328 e. The van der Waals surface area contributed by atoms with E-state index in [0.717, 1.165) is 32.1 Å². The molecule has 0 aliphatic heterocycles. The number of nitrogens with one attached hydrogen (secondary N) is 1. The zero-order chi connectivity index (χ0) is 16.6. The van der Waals surface area contributed by atoms with E-state index in [-0.39, 0.29) is 22.9 Å². The number of hydrogen-bond acceptors (Lipinski definition) is 3. The standard InChI is InChI=1S/C16H22ClFN2O2S/c17-14-6-10(4-5-15(14)18)9-23(21,22)20-16-11-2-1-3-12(16)8-13(19)7-11/h4-6,11-13,16,20H,1-3,7-9,19H2. The fourth-order valence-electron chi connectivity index (χ4n) is 4.08. The molecule has 2 unspecified atom stereocenters. The maximum atomic E-state index is 13.2. The van der Waals surface area contributed by atoms with Crippen LogP contribution in [0.5, 0.6) is 0 Å². The van der Waals surface area contributed by atoms with Crippen molar-refractivity contribution in [2.24, 2.45) is 17.6 Å². The van der Waals surface area contributed by atoms with Gasteiger partial charge in [-0.2, -0.15) is 0 Å². The number of nitrogens with two attached hydrogens (primary N) is 1. The Morgan fingerprint density at radius 2 is 1.91 bits per heavy atom. The number of halogens is 2. The molecular weight excluding hydrogens is 339 g/mol. The summed E-state index contributed by atoms with van der Waals surface area (Å²) in [6, 6.07) is 4.18. The van der Waals surface area contributed by atoms with Gasteiger partial charge in [0, 0.05) is 12.1 Å². The predicted molar refractivity (Wildman–Crippen MR) is 89.0 cm³/mol. The second kappa shape index (κ2) is 6.67. The highest BCUT2D eigenvalue weighted by atomic mass is 35.5. The SMILES string of the molecule is NC1CC2CCCC(C1)C2NS(=O)(=O)Cc1ccc(F)c(Cl)c1. The Balaban J connectivity index is 1.72. The van der Waals surface area contributed by atoms with Crippen molar-refractivity contribution in [1.29, 1.82) is 0 Å². The average Bonchev–Trinajstić information content (AvgIpc) is 2.43. The first-order chi connectivity index (χ1) is 10.8. The average molecular weight is 361 g/mol. The molecule has 23 heavy (non-hydrogen) atoms. The topological polar surface area (TPSA) is 72.2 Å². The third-order valence-electron chi connectivity index (χ3n) is 5.03. The molecule has 0 spiro atoms. The molecule has 2 aliphatic rings. The van der Waals surface area contributed by atoms with Gasteiger partial charge in [0.15, 0.2) is 0 Å². The van der Waals surface area contributed by atoms with Crippen LogP contribution in [-0.2, 0) is 15.8 Å². The molecule has 2 saturated carbocycles. The Kier molecular flexibility index (Phi) is 4.97. The highest BCUT2D eigenvalue weighted by molar-refractivity contribution is 7.88. The summed E-state index contributed by atoms with van der Waals surface area (Å²) in [5.74, 6) is -0.0839. The van der Waals surface area contributed by atoms with Gasteiger partial charge in [0.2, 0.25) is 10.0 Å². The van der Waals surface area contributed by atoms with Crippen molar-refractivity contribution in [3.05, 3.63) is 34.6 Å². The maximum absolute atomic E-state index is 13.2. The second-order valence-electron chi connectivity index (χ2n) is 6.83. The van der Waals surface area contributed by atoms with Crippen LogP contribution in [0.4, 0.5) is 4.39 Å².